The number of ketones is 1. The second kappa shape index (κ2) is 4.48. The quantitative estimate of drug-likeness (QED) is 0.775. The van der Waals surface area contributed by atoms with Gasteiger partial charge in [0.15, 0.2) is 5.78 Å². The maximum atomic E-state index is 12.7. The van der Waals surface area contributed by atoms with Gasteiger partial charge in [-0.2, -0.15) is 0 Å². The third-order valence-corrected chi connectivity index (χ3v) is 4.61. The molecule has 2 fully saturated rings. The average molecular weight is 257 g/mol. The van der Waals surface area contributed by atoms with Crippen LogP contribution in [0.3, 0.4) is 0 Å². The highest BCUT2D eigenvalue weighted by Crippen LogP contribution is 2.41. The molecule has 0 aliphatic carbocycles. The largest absolute Gasteiger partial charge is 0.323 e. The molecule has 0 saturated carbocycles. The molecule has 3 heteroatoms. The molecule has 2 aliphatic rings. The normalized spacial score (nSPS) is 30.3. The molecule has 1 amide bonds. The molecule has 3 rings (SSSR count). The van der Waals surface area contributed by atoms with Gasteiger partial charge in [-0.1, -0.05) is 18.2 Å². The lowest BCUT2D eigenvalue weighted by Gasteiger charge is -2.52. The Balaban J connectivity index is 1.97. The third-order valence-electron chi connectivity index (χ3n) is 4.61. The van der Waals surface area contributed by atoms with Crippen LogP contribution in [-0.4, -0.2) is 28.2 Å². The van der Waals surface area contributed by atoms with E-state index in [-0.39, 0.29) is 23.3 Å². The van der Waals surface area contributed by atoms with Gasteiger partial charge in [0.2, 0.25) is 0 Å². The highest BCUT2D eigenvalue weighted by Gasteiger charge is 2.48. The van der Waals surface area contributed by atoms with Crippen molar-refractivity contribution in [3.8, 4) is 0 Å². The number of fused-ring (bicyclic) bond motifs is 2. The van der Waals surface area contributed by atoms with E-state index >= 15 is 0 Å². The van der Waals surface area contributed by atoms with E-state index in [1.54, 1.807) is 0 Å². The van der Waals surface area contributed by atoms with E-state index in [1.807, 2.05) is 35.2 Å². The fourth-order valence-corrected chi connectivity index (χ4v) is 3.52. The lowest BCUT2D eigenvalue weighted by Crippen LogP contribution is -2.63. The molecule has 0 aromatic heterocycles. The first kappa shape index (κ1) is 12.4. The van der Waals surface area contributed by atoms with Crippen LogP contribution in [0.15, 0.2) is 30.3 Å². The van der Waals surface area contributed by atoms with E-state index in [4.69, 9.17) is 0 Å². The van der Waals surface area contributed by atoms with Crippen LogP contribution >= 0.6 is 0 Å². The van der Waals surface area contributed by atoms with Crippen molar-refractivity contribution in [1.82, 2.24) is 4.90 Å². The smallest absolute Gasteiger partial charge is 0.254 e. The molecule has 1 aromatic rings. The fraction of sp³-hybridized carbons (Fsp3) is 0.500. The van der Waals surface area contributed by atoms with Crippen molar-refractivity contribution in [1.29, 1.82) is 0 Å². The van der Waals surface area contributed by atoms with Gasteiger partial charge in [-0.05, 0) is 44.7 Å². The molecular formula is C16H19NO2. The number of nitrogens with zero attached hydrogens (tertiary/aromatic N) is 1. The lowest BCUT2D eigenvalue weighted by molar-refractivity contribution is -0.133. The Hall–Kier alpha value is -1.64. The first-order valence-corrected chi connectivity index (χ1v) is 7.03. The van der Waals surface area contributed by atoms with Gasteiger partial charge in [0.25, 0.3) is 5.91 Å². The van der Waals surface area contributed by atoms with Gasteiger partial charge in [-0.3, -0.25) is 9.59 Å². The van der Waals surface area contributed by atoms with Crippen LogP contribution in [0.1, 0.15) is 49.4 Å². The SMILES string of the molecule is C[C@@]12CCC[C@@H](C(=O)CC1)N2C(=O)c1ccccc1. The number of piperidine rings is 2. The summed E-state index contributed by atoms with van der Waals surface area (Å²) in [5.41, 5.74) is 0.555. The van der Waals surface area contributed by atoms with Crippen molar-refractivity contribution in [3.63, 3.8) is 0 Å². The lowest BCUT2D eigenvalue weighted by atomic mass is 9.74. The Morgan fingerprint density at radius 1 is 1.26 bits per heavy atom. The van der Waals surface area contributed by atoms with Gasteiger partial charge in [0, 0.05) is 17.5 Å². The Morgan fingerprint density at radius 3 is 2.74 bits per heavy atom. The van der Waals surface area contributed by atoms with Crippen LogP contribution in [-0.2, 0) is 4.79 Å². The Bertz CT molecular complexity index is 511. The second-order valence-electron chi connectivity index (χ2n) is 5.91. The number of amides is 1. The molecule has 100 valence electrons. The number of hydrogen-bond acceptors (Lipinski definition) is 2. The van der Waals surface area contributed by atoms with Crippen molar-refractivity contribution in [3.05, 3.63) is 35.9 Å². The number of benzene rings is 1. The van der Waals surface area contributed by atoms with Gasteiger partial charge in [-0.25, -0.2) is 0 Å². The fourth-order valence-electron chi connectivity index (χ4n) is 3.52. The molecule has 2 heterocycles. The molecule has 0 spiro atoms. The standard InChI is InChI=1S/C16H19NO2/c1-16-10-5-8-13(14(18)9-11-16)17(16)15(19)12-6-3-2-4-7-12/h2-4,6-7,13H,5,8-11H2,1H3/t13-,16+/m0/s1. The molecule has 2 atom stereocenters. The van der Waals surface area contributed by atoms with Gasteiger partial charge < -0.3 is 4.90 Å². The Morgan fingerprint density at radius 2 is 2.00 bits per heavy atom. The van der Waals surface area contributed by atoms with Gasteiger partial charge >= 0.3 is 0 Å². The van der Waals surface area contributed by atoms with Crippen molar-refractivity contribution < 1.29 is 9.59 Å². The minimum atomic E-state index is -0.194. The first-order valence-electron chi connectivity index (χ1n) is 7.03. The molecule has 3 nitrogen and oxygen atoms in total. The molecule has 2 saturated heterocycles. The summed E-state index contributed by atoms with van der Waals surface area (Å²) in [6.07, 6.45) is 4.31. The summed E-state index contributed by atoms with van der Waals surface area (Å²) in [5.74, 6) is 0.252. The maximum absolute atomic E-state index is 12.7. The highest BCUT2D eigenvalue weighted by atomic mass is 16.2. The maximum Gasteiger partial charge on any atom is 0.254 e. The zero-order valence-corrected chi connectivity index (χ0v) is 11.3. The number of hydrogen-bond donors (Lipinski definition) is 0. The summed E-state index contributed by atoms with van der Waals surface area (Å²) in [5, 5.41) is 0. The van der Waals surface area contributed by atoms with E-state index < -0.39 is 0 Å². The minimum absolute atomic E-state index is 0.0147. The van der Waals surface area contributed by atoms with E-state index in [0.29, 0.717) is 12.0 Å². The summed E-state index contributed by atoms with van der Waals surface area (Å²) < 4.78 is 0. The summed E-state index contributed by atoms with van der Waals surface area (Å²) in [6.45, 7) is 2.13. The first-order chi connectivity index (χ1) is 9.12. The summed E-state index contributed by atoms with van der Waals surface area (Å²) in [6, 6.07) is 9.12. The molecule has 1 aromatic carbocycles. The number of Topliss-reactive ketones (excluding diaryl/α,β-unsaturated/α-hetero) is 1. The Labute approximate surface area is 113 Å². The summed E-state index contributed by atoms with van der Waals surface area (Å²) >= 11 is 0. The summed E-state index contributed by atoms with van der Waals surface area (Å²) in [7, 11) is 0. The topological polar surface area (TPSA) is 37.4 Å². The van der Waals surface area contributed by atoms with Crippen LogP contribution in [0.25, 0.3) is 0 Å². The summed E-state index contributed by atoms with van der Waals surface area (Å²) in [4.78, 5) is 26.7. The van der Waals surface area contributed by atoms with E-state index in [0.717, 1.165) is 25.7 Å². The van der Waals surface area contributed by atoms with Crippen molar-refractivity contribution >= 4 is 11.7 Å². The molecule has 0 radical (unpaired) electrons. The van der Waals surface area contributed by atoms with E-state index in [2.05, 4.69) is 6.92 Å². The van der Waals surface area contributed by atoms with Crippen LogP contribution < -0.4 is 0 Å². The van der Waals surface area contributed by atoms with E-state index in [9.17, 15) is 9.59 Å². The van der Waals surface area contributed by atoms with Crippen molar-refractivity contribution in [2.75, 3.05) is 0 Å². The van der Waals surface area contributed by atoms with Gasteiger partial charge in [0.05, 0.1) is 6.04 Å². The molecule has 0 N–H and O–H groups in total. The van der Waals surface area contributed by atoms with Crippen LogP contribution in [0, 0.1) is 0 Å². The zero-order chi connectivity index (χ0) is 13.5. The predicted octanol–water partition coefficient (Wildman–Crippen LogP) is 2.80. The van der Waals surface area contributed by atoms with Gasteiger partial charge in [-0.15, -0.1) is 0 Å². The molecular weight excluding hydrogens is 238 g/mol. The second-order valence-corrected chi connectivity index (χ2v) is 5.91. The predicted molar refractivity (Wildman–Crippen MR) is 72.9 cm³/mol. The zero-order valence-electron chi connectivity index (χ0n) is 11.3. The highest BCUT2D eigenvalue weighted by molar-refractivity contribution is 5.99. The molecule has 19 heavy (non-hydrogen) atoms. The van der Waals surface area contributed by atoms with Crippen molar-refractivity contribution in [2.24, 2.45) is 0 Å². The Kier molecular flexibility index (Phi) is 2.92. The van der Waals surface area contributed by atoms with Crippen LogP contribution in [0.2, 0.25) is 0 Å². The van der Waals surface area contributed by atoms with Crippen molar-refractivity contribution in [2.45, 2.75) is 50.6 Å². The molecule has 2 aliphatic heterocycles. The molecule has 2 bridgehead atoms. The molecule has 0 unspecified atom stereocenters. The van der Waals surface area contributed by atoms with Crippen LogP contribution in [0.4, 0.5) is 0 Å². The third kappa shape index (κ3) is 1.97. The van der Waals surface area contributed by atoms with Crippen LogP contribution in [0.5, 0.6) is 0 Å². The monoisotopic (exact) mass is 257 g/mol. The van der Waals surface area contributed by atoms with Gasteiger partial charge in [0.1, 0.15) is 0 Å². The average Bonchev–Trinajstić information content (AvgIpc) is 2.43. The van der Waals surface area contributed by atoms with E-state index in [1.165, 1.54) is 0 Å². The number of carbonyl (C=O) groups excluding carboxylic acids is 2. The minimum Gasteiger partial charge on any atom is -0.323 e. The number of carbonyl (C=O) groups is 2. The number of rotatable bonds is 1.